The van der Waals surface area contributed by atoms with Gasteiger partial charge in [0.15, 0.2) is 0 Å². The average Bonchev–Trinajstić information content (AvgIpc) is 2.45. The summed E-state index contributed by atoms with van der Waals surface area (Å²) in [6.07, 6.45) is 0. The van der Waals surface area contributed by atoms with Gasteiger partial charge in [-0.25, -0.2) is 13.6 Å². The fourth-order valence-corrected chi connectivity index (χ4v) is 3.24. The molecule has 1 heterocycles. The van der Waals surface area contributed by atoms with E-state index < -0.39 is 10.0 Å². The molecule has 24 heavy (non-hydrogen) atoms. The molecule has 0 saturated carbocycles. The van der Waals surface area contributed by atoms with Crippen LogP contribution in [0.3, 0.4) is 0 Å². The average molecular weight is 377 g/mol. The summed E-state index contributed by atoms with van der Waals surface area (Å²) in [5, 5.41) is 11.3. The third kappa shape index (κ3) is 5.15. The number of amides is 1. The molecule has 1 saturated heterocycles. The van der Waals surface area contributed by atoms with Gasteiger partial charge in [-0.1, -0.05) is 0 Å². The van der Waals surface area contributed by atoms with Gasteiger partial charge in [0.1, 0.15) is 0 Å². The van der Waals surface area contributed by atoms with Crippen LogP contribution < -0.4 is 15.8 Å². The van der Waals surface area contributed by atoms with E-state index in [1.165, 1.54) is 12.1 Å². The van der Waals surface area contributed by atoms with Crippen LogP contribution in [0.2, 0.25) is 0 Å². The topological polar surface area (TPSA) is 105 Å². The molecule has 1 aliphatic heterocycles. The van der Waals surface area contributed by atoms with Gasteiger partial charge in [-0.2, -0.15) is 0 Å². The zero-order valence-electron chi connectivity index (χ0n) is 14.1. The van der Waals surface area contributed by atoms with Crippen LogP contribution in [0.25, 0.3) is 0 Å². The largest absolute Gasteiger partial charge is 0.325 e. The highest BCUT2D eigenvalue weighted by Crippen LogP contribution is 2.23. The molecule has 0 aliphatic carbocycles. The van der Waals surface area contributed by atoms with Gasteiger partial charge in [0.05, 0.1) is 11.4 Å². The molecule has 4 N–H and O–H groups in total. The minimum Gasteiger partial charge on any atom is -0.325 e. The number of primary sulfonamides is 1. The number of benzene rings is 1. The molecule has 1 aromatic carbocycles. The molecule has 1 amide bonds. The molecule has 9 heteroatoms. The third-order valence-electron chi connectivity index (χ3n) is 4.23. The van der Waals surface area contributed by atoms with Crippen molar-refractivity contribution in [2.24, 2.45) is 5.14 Å². The maximum Gasteiger partial charge on any atom is 0.238 e. The van der Waals surface area contributed by atoms with Crippen molar-refractivity contribution < 1.29 is 13.2 Å². The Labute approximate surface area is 149 Å². The molecule has 0 bridgehead atoms. The molecular weight excluding hydrogens is 352 g/mol. The number of hydrogen-bond acceptors (Lipinski definition) is 5. The molecule has 1 fully saturated rings. The van der Waals surface area contributed by atoms with Crippen LogP contribution in [0.4, 0.5) is 5.69 Å². The number of anilines is 1. The van der Waals surface area contributed by atoms with Crippen LogP contribution in [0.5, 0.6) is 0 Å². The van der Waals surface area contributed by atoms with Gasteiger partial charge in [-0.15, -0.1) is 12.4 Å². The highest BCUT2D eigenvalue weighted by Gasteiger charge is 2.21. The van der Waals surface area contributed by atoms with Gasteiger partial charge in [0.25, 0.3) is 0 Å². The first-order chi connectivity index (χ1) is 10.7. The van der Waals surface area contributed by atoms with Gasteiger partial charge in [-0.3, -0.25) is 9.69 Å². The molecule has 0 aromatic heterocycles. The summed E-state index contributed by atoms with van der Waals surface area (Å²) in [4.78, 5) is 14.4. The van der Waals surface area contributed by atoms with Crippen LogP contribution in [0.1, 0.15) is 18.1 Å². The SMILES string of the molecule is Cc1cc(S(N)(=O)=O)cc(NC(=O)CN2CCNC[C@H]2C)c1C.Cl. The second-order valence-corrected chi connectivity index (χ2v) is 7.59. The predicted octanol–water partition coefficient (Wildman–Crippen LogP) is 0.605. The lowest BCUT2D eigenvalue weighted by Crippen LogP contribution is -2.52. The Balaban J connectivity index is 0.00000288. The van der Waals surface area contributed by atoms with E-state index in [2.05, 4.69) is 22.5 Å². The molecule has 0 unspecified atom stereocenters. The first-order valence-corrected chi connectivity index (χ1v) is 9.12. The van der Waals surface area contributed by atoms with Crippen molar-refractivity contribution in [3.05, 3.63) is 23.3 Å². The van der Waals surface area contributed by atoms with E-state index >= 15 is 0 Å². The van der Waals surface area contributed by atoms with Crippen LogP contribution in [0, 0.1) is 13.8 Å². The van der Waals surface area contributed by atoms with Crippen molar-refractivity contribution >= 4 is 34.0 Å². The number of nitrogens with one attached hydrogen (secondary N) is 2. The molecule has 136 valence electrons. The van der Waals surface area contributed by atoms with Crippen molar-refractivity contribution in [1.29, 1.82) is 0 Å². The maximum atomic E-state index is 12.3. The Morgan fingerprint density at radius 2 is 2.08 bits per heavy atom. The lowest BCUT2D eigenvalue weighted by Gasteiger charge is -2.33. The van der Waals surface area contributed by atoms with Crippen molar-refractivity contribution in [3.63, 3.8) is 0 Å². The molecule has 1 atom stereocenters. The van der Waals surface area contributed by atoms with E-state index in [0.29, 0.717) is 5.69 Å². The van der Waals surface area contributed by atoms with E-state index in [9.17, 15) is 13.2 Å². The van der Waals surface area contributed by atoms with Crippen molar-refractivity contribution in [2.45, 2.75) is 31.7 Å². The third-order valence-corrected chi connectivity index (χ3v) is 5.12. The number of halogens is 1. The Bertz CT molecular complexity index is 709. The van der Waals surface area contributed by atoms with E-state index in [0.717, 1.165) is 30.8 Å². The first kappa shape index (κ1) is 20.9. The number of sulfonamides is 1. The summed E-state index contributed by atoms with van der Waals surface area (Å²) in [5.41, 5.74) is 2.09. The minimum atomic E-state index is -3.81. The lowest BCUT2D eigenvalue weighted by molar-refractivity contribution is -0.118. The van der Waals surface area contributed by atoms with E-state index in [1.54, 1.807) is 6.92 Å². The van der Waals surface area contributed by atoms with E-state index in [-0.39, 0.29) is 35.8 Å². The Hall–Kier alpha value is -1.19. The molecular formula is C15H25ClN4O3S. The summed E-state index contributed by atoms with van der Waals surface area (Å²) >= 11 is 0. The molecule has 0 spiro atoms. The Kier molecular flexibility index (Phi) is 7.18. The second-order valence-electron chi connectivity index (χ2n) is 6.03. The lowest BCUT2D eigenvalue weighted by atomic mass is 10.1. The van der Waals surface area contributed by atoms with Gasteiger partial charge in [-0.05, 0) is 44.0 Å². The molecule has 1 aromatic rings. The van der Waals surface area contributed by atoms with Gasteiger partial charge in [0, 0.05) is 31.4 Å². The van der Waals surface area contributed by atoms with Crippen LogP contribution >= 0.6 is 12.4 Å². The van der Waals surface area contributed by atoms with Crippen LogP contribution in [-0.4, -0.2) is 51.4 Å². The Morgan fingerprint density at radius 3 is 2.67 bits per heavy atom. The maximum absolute atomic E-state index is 12.3. The molecule has 2 rings (SSSR count). The smallest absolute Gasteiger partial charge is 0.238 e. The first-order valence-electron chi connectivity index (χ1n) is 7.57. The minimum absolute atomic E-state index is 0. The molecule has 7 nitrogen and oxygen atoms in total. The normalized spacial score (nSPS) is 18.8. The number of rotatable bonds is 4. The zero-order valence-corrected chi connectivity index (χ0v) is 15.8. The van der Waals surface area contributed by atoms with Crippen molar-refractivity contribution in [1.82, 2.24) is 10.2 Å². The monoisotopic (exact) mass is 376 g/mol. The van der Waals surface area contributed by atoms with Crippen LogP contribution in [-0.2, 0) is 14.8 Å². The number of carbonyl (C=O) groups is 1. The fraction of sp³-hybridized carbons (Fsp3) is 0.533. The highest BCUT2D eigenvalue weighted by molar-refractivity contribution is 7.89. The van der Waals surface area contributed by atoms with Crippen molar-refractivity contribution in [2.75, 3.05) is 31.5 Å². The summed E-state index contributed by atoms with van der Waals surface area (Å²) < 4.78 is 23.1. The number of nitrogens with two attached hydrogens (primary N) is 1. The van der Waals surface area contributed by atoms with Crippen LogP contribution in [0.15, 0.2) is 17.0 Å². The predicted molar refractivity (Wildman–Crippen MR) is 97.1 cm³/mol. The Morgan fingerprint density at radius 1 is 1.42 bits per heavy atom. The summed E-state index contributed by atoms with van der Waals surface area (Å²) in [5.74, 6) is -0.159. The number of carbonyl (C=O) groups excluding carboxylic acids is 1. The summed E-state index contributed by atoms with van der Waals surface area (Å²) in [6.45, 7) is 8.49. The number of aryl methyl sites for hydroxylation is 1. The number of nitrogens with zero attached hydrogens (tertiary/aromatic N) is 1. The van der Waals surface area contributed by atoms with Gasteiger partial charge < -0.3 is 10.6 Å². The van der Waals surface area contributed by atoms with Gasteiger partial charge in [0.2, 0.25) is 15.9 Å². The van der Waals surface area contributed by atoms with Gasteiger partial charge >= 0.3 is 0 Å². The fourth-order valence-electron chi connectivity index (χ4n) is 2.61. The number of hydrogen-bond donors (Lipinski definition) is 3. The highest BCUT2D eigenvalue weighted by atomic mass is 35.5. The molecule has 1 aliphatic rings. The standard InChI is InChI=1S/C15H24N4O3S.ClH/c1-10-6-13(23(16,21)22)7-14(12(10)3)18-15(20)9-19-5-4-17-8-11(19)2;/h6-7,11,17H,4-5,8-9H2,1-3H3,(H,18,20)(H2,16,21,22);1H/t11-;/m1./s1. The summed E-state index contributed by atoms with van der Waals surface area (Å²) in [6, 6.07) is 3.21. The zero-order chi connectivity index (χ0) is 17.2. The molecule has 0 radical (unpaired) electrons. The van der Waals surface area contributed by atoms with E-state index in [4.69, 9.17) is 5.14 Å². The van der Waals surface area contributed by atoms with Crippen molar-refractivity contribution in [3.8, 4) is 0 Å². The number of piperazine rings is 1. The second kappa shape index (κ2) is 8.26. The van der Waals surface area contributed by atoms with E-state index in [1.807, 2.05) is 6.92 Å². The quantitative estimate of drug-likeness (QED) is 0.714. The summed E-state index contributed by atoms with van der Waals surface area (Å²) in [7, 11) is -3.81.